The van der Waals surface area contributed by atoms with Gasteiger partial charge in [-0.15, -0.1) is 0 Å². The van der Waals surface area contributed by atoms with Crippen LogP contribution < -0.4 is 5.32 Å². The Kier molecular flexibility index (Phi) is 6.63. The Balaban J connectivity index is 2.07. The highest BCUT2D eigenvalue weighted by Crippen LogP contribution is 2.27. The van der Waals surface area contributed by atoms with Gasteiger partial charge in [0.05, 0.1) is 10.0 Å². The average Bonchev–Trinajstić information content (AvgIpc) is 2.48. The molecule has 1 fully saturated rings. The molecule has 1 saturated heterocycles. The maximum Gasteiger partial charge on any atom is 0.0637 e. The van der Waals surface area contributed by atoms with Crippen LogP contribution in [0.4, 0.5) is 0 Å². The largest absolute Gasteiger partial charge is 0.317 e. The molecule has 0 amide bonds. The van der Waals surface area contributed by atoms with Crippen molar-refractivity contribution in [3.8, 4) is 0 Å². The van der Waals surface area contributed by atoms with E-state index in [2.05, 4.69) is 23.2 Å². The molecule has 0 atom stereocenters. The molecular formula is C16H24Cl2N2. The first kappa shape index (κ1) is 16.1. The van der Waals surface area contributed by atoms with Crippen LogP contribution in [0.25, 0.3) is 0 Å². The highest BCUT2D eigenvalue weighted by Gasteiger charge is 2.21. The molecule has 0 aliphatic carbocycles. The third-order valence-electron chi connectivity index (χ3n) is 4.03. The minimum Gasteiger partial charge on any atom is -0.317 e. The zero-order chi connectivity index (χ0) is 14.4. The van der Waals surface area contributed by atoms with E-state index < -0.39 is 0 Å². The molecule has 20 heavy (non-hydrogen) atoms. The van der Waals surface area contributed by atoms with Gasteiger partial charge >= 0.3 is 0 Å². The van der Waals surface area contributed by atoms with Crippen LogP contribution in [0.2, 0.25) is 10.0 Å². The number of nitrogens with zero attached hydrogens (tertiary/aromatic N) is 1. The van der Waals surface area contributed by atoms with Crippen LogP contribution in [0, 0.1) is 0 Å². The maximum atomic E-state index is 6.34. The number of nitrogens with one attached hydrogen (secondary N) is 1. The highest BCUT2D eigenvalue weighted by atomic mass is 35.5. The van der Waals surface area contributed by atoms with Gasteiger partial charge in [-0.25, -0.2) is 0 Å². The van der Waals surface area contributed by atoms with Crippen molar-refractivity contribution in [3.05, 3.63) is 33.8 Å². The van der Waals surface area contributed by atoms with Gasteiger partial charge in [0.25, 0.3) is 0 Å². The van der Waals surface area contributed by atoms with Crippen LogP contribution in [-0.4, -0.2) is 30.6 Å². The molecule has 1 heterocycles. The van der Waals surface area contributed by atoms with E-state index in [4.69, 9.17) is 23.2 Å². The molecule has 0 aromatic heterocycles. The van der Waals surface area contributed by atoms with Crippen molar-refractivity contribution >= 4 is 23.2 Å². The summed E-state index contributed by atoms with van der Waals surface area (Å²) in [5, 5.41) is 4.81. The lowest BCUT2D eigenvalue weighted by Crippen LogP contribution is -2.43. The van der Waals surface area contributed by atoms with Crippen molar-refractivity contribution in [3.63, 3.8) is 0 Å². The van der Waals surface area contributed by atoms with Gasteiger partial charge in [-0.3, -0.25) is 4.90 Å². The molecule has 0 unspecified atom stereocenters. The number of benzene rings is 1. The molecule has 4 heteroatoms. The van der Waals surface area contributed by atoms with Crippen molar-refractivity contribution in [1.29, 1.82) is 0 Å². The second-order valence-corrected chi connectivity index (χ2v) is 6.30. The summed E-state index contributed by atoms with van der Waals surface area (Å²) in [5.41, 5.74) is 1.15. The number of piperidine rings is 1. The fraction of sp³-hybridized carbons (Fsp3) is 0.625. The summed E-state index contributed by atoms with van der Waals surface area (Å²) < 4.78 is 0. The maximum absolute atomic E-state index is 6.34. The number of hydrogen-bond acceptors (Lipinski definition) is 2. The lowest BCUT2D eigenvalue weighted by atomic mass is 10.0. The van der Waals surface area contributed by atoms with Crippen LogP contribution >= 0.6 is 23.2 Å². The SMILES string of the molecule is CCCCN(Cc1cccc(Cl)c1Cl)C1CCNCC1. The summed E-state index contributed by atoms with van der Waals surface area (Å²) in [6.07, 6.45) is 4.91. The number of unbranched alkanes of at least 4 members (excludes halogenated alkanes) is 1. The smallest absolute Gasteiger partial charge is 0.0637 e. The number of hydrogen-bond donors (Lipinski definition) is 1. The number of rotatable bonds is 6. The Morgan fingerprint density at radius 2 is 2.00 bits per heavy atom. The Morgan fingerprint density at radius 3 is 2.70 bits per heavy atom. The van der Waals surface area contributed by atoms with E-state index >= 15 is 0 Å². The van der Waals surface area contributed by atoms with Crippen LogP contribution in [0.1, 0.15) is 38.2 Å². The van der Waals surface area contributed by atoms with E-state index in [1.165, 1.54) is 25.7 Å². The van der Waals surface area contributed by atoms with Gasteiger partial charge in [0, 0.05) is 12.6 Å². The third kappa shape index (κ3) is 4.36. The van der Waals surface area contributed by atoms with Gasteiger partial charge in [-0.1, -0.05) is 48.7 Å². The standard InChI is InChI=1S/C16H24Cl2N2/c1-2-3-11-20(14-7-9-19-10-8-14)12-13-5-4-6-15(17)16(13)18/h4-6,14,19H,2-3,7-12H2,1H3. The van der Waals surface area contributed by atoms with Crippen molar-refractivity contribution in [2.75, 3.05) is 19.6 Å². The van der Waals surface area contributed by atoms with E-state index in [0.29, 0.717) is 16.1 Å². The molecule has 0 saturated carbocycles. The van der Waals surface area contributed by atoms with E-state index in [1.807, 2.05) is 12.1 Å². The molecule has 1 aromatic rings. The van der Waals surface area contributed by atoms with Crippen LogP contribution in [-0.2, 0) is 6.54 Å². The van der Waals surface area contributed by atoms with Gasteiger partial charge in [-0.2, -0.15) is 0 Å². The molecule has 0 bridgehead atoms. The normalized spacial score (nSPS) is 16.8. The summed E-state index contributed by atoms with van der Waals surface area (Å²) in [6.45, 7) is 6.54. The van der Waals surface area contributed by atoms with Crippen molar-refractivity contribution in [1.82, 2.24) is 10.2 Å². The Labute approximate surface area is 132 Å². The zero-order valence-corrected chi connectivity index (χ0v) is 13.7. The second-order valence-electron chi connectivity index (χ2n) is 5.52. The van der Waals surface area contributed by atoms with Gasteiger partial charge in [-0.05, 0) is 50.5 Å². The van der Waals surface area contributed by atoms with Gasteiger partial charge in [0.2, 0.25) is 0 Å². The first-order chi connectivity index (χ1) is 9.72. The van der Waals surface area contributed by atoms with E-state index in [9.17, 15) is 0 Å². The molecule has 112 valence electrons. The molecule has 1 aromatic carbocycles. The Hall–Kier alpha value is -0.280. The Bertz CT molecular complexity index is 417. The minimum atomic E-state index is 0.657. The van der Waals surface area contributed by atoms with Gasteiger partial charge in [0.15, 0.2) is 0 Å². The van der Waals surface area contributed by atoms with Crippen molar-refractivity contribution in [2.24, 2.45) is 0 Å². The van der Waals surface area contributed by atoms with Gasteiger partial charge in [0.1, 0.15) is 0 Å². The van der Waals surface area contributed by atoms with Crippen LogP contribution in [0.5, 0.6) is 0 Å². The van der Waals surface area contributed by atoms with Crippen molar-refractivity contribution < 1.29 is 0 Å². The fourth-order valence-electron chi connectivity index (χ4n) is 2.81. The second kappa shape index (κ2) is 8.23. The summed E-state index contributed by atoms with van der Waals surface area (Å²) in [5.74, 6) is 0. The summed E-state index contributed by atoms with van der Waals surface area (Å²) in [7, 11) is 0. The van der Waals surface area contributed by atoms with E-state index in [-0.39, 0.29) is 0 Å². The quantitative estimate of drug-likeness (QED) is 0.840. The van der Waals surface area contributed by atoms with Crippen LogP contribution in [0.3, 0.4) is 0 Å². The van der Waals surface area contributed by atoms with Gasteiger partial charge < -0.3 is 5.32 Å². The fourth-order valence-corrected chi connectivity index (χ4v) is 3.19. The number of halogens is 2. The molecule has 0 spiro atoms. The van der Waals surface area contributed by atoms with E-state index in [1.54, 1.807) is 0 Å². The first-order valence-corrected chi connectivity index (χ1v) is 8.35. The molecule has 2 nitrogen and oxygen atoms in total. The molecule has 2 rings (SSSR count). The minimum absolute atomic E-state index is 0.657. The molecular weight excluding hydrogens is 291 g/mol. The monoisotopic (exact) mass is 314 g/mol. The molecule has 1 aliphatic heterocycles. The molecule has 0 radical (unpaired) electrons. The third-order valence-corrected chi connectivity index (χ3v) is 4.89. The predicted octanol–water partition coefficient (Wildman–Crippen LogP) is 4.35. The lowest BCUT2D eigenvalue weighted by molar-refractivity contribution is 0.152. The summed E-state index contributed by atoms with van der Waals surface area (Å²) >= 11 is 12.5. The summed E-state index contributed by atoms with van der Waals surface area (Å²) in [4.78, 5) is 2.59. The lowest BCUT2D eigenvalue weighted by Gasteiger charge is -2.35. The molecule has 1 aliphatic rings. The molecule has 1 N–H and O–H groups in total. The highest BCUT2D eigenvalue weighted by molar-refractivity contribution is 6.42. The van der Waals surface area contributed by atoms with Crippen LogP contribution in [0.15, 0.2) is 18.2 Å². The Morgan fingerprint density at radius 1 is 1.25 bits per heavy atom. The first-order valence-electron chi connectivity index (χ1n) is 7.60. The van der Waals surface area contributed by atoms with E-state index in [0.717, 1.165) is 31.7 Å². The zero-order valence-electron chi connectivity index (χ0n) is 12.2. The average molecular weight is 315 g/mol. The topological polar surface area (TPSA) is 15.3 Å². The summed E-state index contributed by atoms with van der Waals surface area (Å²) in [6, 6.07) is 6.60. The predicted molar refractivity (Wildman–Crippen MR) is 87.7 cm³/mol. The van der Waals surface area contributed by atoms with Crippen molar-refractivity contribution in [2.45, 2.75) is 45.2 Å².